The fourth-order valence-corrected chi connectivity index (χ4v) is 1.25. The Morgan fingerprint density at radius 2 is 2.29 bits per heavy atom. The second-order valence-corrected chi connectivity index (χ2v) is 3.79. The number of benzene rings is 1. The van der Waals surface area contributed by atoms with Gasteiger partial charge in [-0.2, -0.15) is 5.26 Å². The van der Waals surface area contributed by atoms with Gasteiger partial charge in [0.2, 0.25) is 0 Å². The summed E-state index contributed by atoms with van der Waals surface area (Å²) in [4.78, 5) is 11.5. The Hall–Kier alpha value is -1.89. The van der Waals surface area contributed by atoms with Gasteiger partial charge in [0.1, 0.15) is 29.8 Å². The summed E-state index contributed by atoms with van der Waals surface area (Å²) in [5.74, 6) is -0.667. The number of halogens is 1. The van der Waals surface area contributed by atoms with E-state index in [1.54, 1.807) is 6.07 Å². The molecule has 1 unspecified atom stereocenters. The molecule has 4 heteroatoms. The van der Waals surface area contributed by atoms with E-state index in [-0.39, 0.29) is 29.6 Å². The van der Waals surface area contributed by atoms with Gasteiger partial charge >= 0.3 is 0 Å². The van der Waals surface area contributed by atoms with Gasteiger partial charge in [-0.05, 0) is 18.6 Å². The summed E-state index contributed by atoms with van der Waals surface area (Å²) >= 11 is 0. The first-order chi connectivity index (χ1) is 8.10. The highest BCUT2D eigenvalue weighted by molar-refractivity contribution is 5.82. The smallest absolute Gasteiger partial charge is 0.172 e. The largest absolute Gasteiger partial charge is 0.484 e. The summed E-state index contributed by atoms with van der Waals surface area (Å²) in [5, 5.41) is 8.76. The summed E-state index contributed by atoms with van der Waals surface area (Å²) in [5.41, 5.74) is -0.163. The third-order valence-electron chi connectivity index (χ3n) is 2.62. The maximum Gasteiger partial charge on any atom is 0.172 e. The molecule has 0 N–H and O–H groups in total. The van der Waals surface area contributed by atoms with Crippen LogP contribution in [0.15, 0.2) is 18.2 Å². The SMILES string of the molecule is CCC(C)C(=O)COc1cccc(F)c1C#N. The molecule has 0 aliphatic carbocycles. The number of Topliss-reactive ketones (excluding diaryl/α,β-unsaturated/α-hetero) is 1. The van der Waals surface area contributed by atoms with E-state index in [4.69, 9.17) is 10.00 Å². The van der Waals surface area contributed by atoms with Gasteiger partial charge in [0.25, 0.3) is 0 Å². The zero-order chi connectivity index (χ0) is 12.8. The molecular formula is C13H14FNO2. The molecule has 0 aromatic heterocycles. The van der Waals surface area contributed by atoms with Crippen molar-refractivity contribution in [2.45, 2.75) is 20.3 Å². The zero-order valence-corrected chi connectivity index (χ0v) is 9.87. The maximum atomic E-state index is 13.2. The molecule has 1 aromatic carbocycles. The first-order valence-corrected chi connectivity index (χ1v) is 5.44. The van der Waals surface area contributed by atoms with Gasteiger partial charge < -0.3 is 4.74 Å². The van der Waals surface area contributed by atoms with Crippen molar-refractivity contribution in [2.24, 2.45) is 5.92 Å². The van der Waals surface area contributed by atoms with Crippen molar-refractivity contribution >= 4 is 5.78 Å². The minimum absolute atomic E-state index is 0.0550. The second kappa shape index (κ2) is 6.00. The minimum atomic E-state index is -0.638. The van der Waals surface area contributed by atoms with E-state index in [0.29, 0.717) is 0 Å². The van der Waals surface area contributed by atoms with Crippen LogP contribution in [0.25, 0.3) is 0 Å². The molecule has 0 amide bonds. The molecule has 3 nitrogen and oxygen atoms in total. The van der Waals surface area contributed by atoms with Crippen molar-refractivity contribution < 1.29 is 13.9 Å². The number of carbonyl (C=O) groups excluding carboxylic acids is 1. The Bertz CT molecular complexity index is 451. The van der Waals surface area contributed by atoms with E-state index in [9.17, 15) is 9.18 Å². The lowest BCUT2D eigenvalue weighted by Crippen LogP contribution is -2.19. The lowest BCUT2D eigenvalue weighted by Gasteiger charge is -2.10. The second-order valence-electron chi connectivity index (χ2n) is 3.79. The number of hydrogen-bond acceptors (Lipinski definition) is 3. The van der Waals surface area contributed by atoms with Crippen molar-refractivity contribution in [1.29, 1.82) is 5.26 Å². The molecule has 0 aliphatic heterocycles. The zero-order valence-electron chi connectivity index (χ0n) is 9.87. The molecule has 0 saturated heterocycles. The van der Waals surface area contributed by atoms with Crippen LogP contribution in [0.1, 0.15) is 25.8 Å². The average Bonchev–Trinajstić information content (AvgIpc) is 2.34. The van der Waals surface area contributed by atoms with Gasteiger partial charge in [-0.3, -0.25) is 4.79 Å². The highest BCUT2D eigenvalue weighted by Gasteiger charge is 2.14. The third-order valence-corrected chi connectivity index (χ3v) is 2.62. The van der Waals surface area contributed by atoms with Crippen LogP contribution in [0.5, 0.6) is 5.75 Å². The van der Waals surface area contributed by atoms with Crippen LogP contribution >= 0.6 is 0 Å². The van der Waals surface area contributed by atoms with E-state index in [1.807, 2.05) is 13.8 Å². The average molecular weight is 235 g/mol. The highest BCUT2D eigenvalue weighted by atomic mass is 19.1. The molecule has 0 fully saturated rings. The standard InChI is InChI=1S/C13H14FNO2/c1-3-9(2)12(16)8-17-13-6-4-5-11(14)10(13)7-15/h4-6,9H,3,8H2,1-2H3. The third kappa shape index (κ3) is 3.28. The first kappa shape index (κ1) is 13.2. The number of rotatable bonds is 5. The summed E-state index contributed by atoms with van der Waals surface area (Å²) in [7, 11) is 0. The Kier molecular flexibility index (Phi) is 4.65. The predicted molar refractivity (Wildman–Crippen MR) is 61.1 cm³/mol. The number of nitriles is 1. The van der Waals surface area contributed by atoms with E-state index in [2.05, 4.69) is 0 Å². The number of carbonyl (C=O) groups is 1. The Labute approximate surface area is 99.8 Å². The summed E-state index contributed by atoms with van der Waals surface area (Å²) < 4.78 is 18.4. The maximum absolute atomic E-state index is 13.2. The quantitative estimate of drug-likeness (QED) is 0.788. The normalized spacial score (nSPS) is 11.6. The van der Waals surface area contributed by atoms with Crippen LogP contribution in [0.2, 0.25) is 0 Å². The van der Waals surface area contributed by atoms with Gasteiger partial charge in [0, 0.05) is 5.92 Å². The summed E-state index contributed by atoms with van der Waals surface area (Å²) in [6.07, 6.45) is 0.733. The van der Waals surface area contributed by atoms with Gasteiger partial charge in [-0.25, -0.2) is 4.39 Å². The molecular weight excluding hydrogens is 221 g/mol. The van der Waals surface area contributed by atoms with Crippen LogP contribution in [0, 0.1) is 23.1 Å². The first-order valence-electron chi connectivity index (χ1n) is 5.44. The van der Waals surface area contributed by atoms with Crippen molar-refractivity contribution in [3.8, 4) is 11.8 Å². The summed E-state index contributed by atoms with van der Waals surface area (Å²) in [6.45, 7) is 3.58. The van der Waals surface area contributed by atoms with E-state index in [0.717, 1.165) is 6.42 Å². The van der Waals surface area contributed by atoms with Crippen LogP contribution in [0.4, 0.5) is 4.39 Å². The van der Waals surface area contributed by atoms with Crippen LogP contribution in [-0.4, -0.2) is 12.4 Å². The highest BCUT2D eigenvalue weighted by Crippen LogP contribution is 2.20. The molecule has 0 radical (unpaired) electrons. The minimum Gasteiger partial charge on any atom is -0.484 e. The molecule has 0 spiro atoms. The van der Waals surface area contributed by atoms with E-state index in [1.165, 1.54) is 18.2 Å². The van der Waals surface area contributed by atoms with E-state index < -0.39 is 5.82 Å². The predicted octanol–water partition coefficient (Wildman–Crippen LogP) is 2.69. The molecule has 0 bridgehead atoms. The lowest BCUT2D eigenvalue weighted by atomic mass is 10.0. The lowest BCUT2D eigenvalue weighted by molar-refractivity contribution is -0.124. The molecule has 1 aromatic rings. The number of ether oxygens (including phenoxy) is 1. The van der Waals surface area contributed by atoms with Gasteiger partial charge in [0.05, 0.1) is 0 Å². The van der Waals surface area contributed by atoms with Crippen molar-refractivity contribution in [1.82, 2.24) is 0 Å². The van der Waals surface area contributed by atoms with Gasteiger partial charge in [-0.1, -0.05) is 19.9 Å². The topological polar surface area (TPSA) is 50.1 Å². The monoisotopic (exact) mass is 235 g/mol. The number of nitrogens with zero attached hydrogens (tertiary/aromatic N) is 1. The van der Waals surface area contributed by atoms with Crippen LogP contribution in [-0.2, 0) is 4.79 Å². The van der Waals surface area contributed by atoms with Crippen molar-refractivity contribution in [3.63, 3.8) is 0 Å². The fourth-order valence-electron chi connectivity index (χ4n) is 1.25. The fraction of sp³-hybridized carbons (Fsp3) is 0.385. The van der Waals surface area contributed by atoms with Crippen LogP contribution in [0.3, 0.4) is 0 Å². The Balaban J connectivity index is 2.74. The molecule has 90 valence electrons. The van der Waals surface area contributed by atoms with E-state index >= 15 is 0 Å². The van der Waals surface area contributed by atoms with Gasteiger partial charge in [-0.15, -0.1) is 0 Å². The van der Waals surface area contributed by atoms with Gasteiger partial charge in [0.15, 0.2) is 5.78 Å². The van der Waals surface area contributed by atoms with Crippen molar-refractivity contribution in [2.75, 3.05) is 6.61 Å². The molecule has 1 rings (SSSR count). The molecule has 0 heterocycles. The van der Waals surface area contributed by atoms with Crippen molar-refractivity contribution in [3.05, 3.63) is 29.6 Å². The number of hydrogen-bond donors (Lipinski definition) is 0. The Morgan fingerprint density at radius 1 is 1.59 bits per heavy atom. The molecule has 0 saturated carbocycles. The molecule has 1 atom stereocenters. The number of ketones is 1. The summed E-state index contributed by atoms with van der Waals surface area (Å²) in [6, 6.07) is 5.82. The van der Waals surface area contributed by atoms with Crippen LogP contribution < -0.4 is 4.74 Å². The molecule has 0 aliphatic rings. The Morgan fingerprint density at radius 3 is 2.88 bits per heavy atom. The molecule has 17 heavy (non-hydrogen) atoms.